The molecule has 0 bridgehead atoms. The second-order valence-electron chi connectivity index (χ2n) is 8.62. The largest absolute Gasteiger partial charge is 0.496 e. The standard InChI is InChI=1S/C29H28N2O2/c1-20-18-23(15-16-26(20)32-2)29(25-14-8-7-13-24(25)27(30)31-29)28(33-3)17-9-12-22(19-28)21-10-5-4-6-11-21/h4-18H,19H2,1-3H3,(H2,30,31)/t28-,29?/m0/s1. The summed E-state index contributed by atoms with van der Waals surface area (Å²) in [6, 6.07) is 24.9. The summed E-state index contributed by atoms with van der Waals surface area (Å²) < 4.78 is 12.0. The maximum absolute atomic E-state index is 6.55. The predicted molar refractivity (Wildman–Crippen MR) is 134 cm³/mol. The number of benzene rings is 3. The van der Waals surface area contributed by atoms with Gasteiger partial charge in [-0.05, 0) is 53.0 Å². The minimum absolute atomic E-state index is 0.528. The first kappa shape index (κ1) is 21.2. The Morgan fingerprint density at radius 1 is 0.939 bits per heavy atom. The molecule has 1 aliphatic carbocycles. The molecule has 5 rings (SSSR count). The number of hydrogen-bond donors (Lipinski definition) is 1. The molecule has 3 aromatic carbocycles. The smallest absolute Gasteiger partial charge is 0.146 e. The molecule has 33 heavy (non-hydrogen) atoms. The van der Waals surface area contributed by atoms with Gasteiger partial charge < -0.3 is 15.2 Å². The normalized spacial score (nSPS) is 23.6. The number of nitrogens with two attached hydrogens (primary N) is 1. The van der Waals surface area contributed by atoms with Gasteiger partial charge in [0.05, 0.1) is 7.11 Å². The third-order valence-corrected chi connectivity index (χ3v) is 6.93. The molecule has 1 aliphatic heterocycles. The van der Waals surface area contributed by atoms with Crippen molar-refractivity contribution in [3.05, 3.63) is 119 Å². The van der Waals surface area contributed by atoms with Gasteiger partial charge in [-0.15, -0.1) is 0 Å². The molecular formula is C29H28N2O2. The number of amidine groups is 1. The van der Waals surface area contributed by atoms with E-state index >= 15 is 0 Å². The molecule has 2 N–H and O–H groups in total. The third kappa shape index (κ3) is 3.13. The highest BCUT2D eigenvalue weighted by atomic mass is 16.5. The molecule has 166 valence electrons. The minimum Gasteiger partial charge on any atom is -0.496 e. The lowest BCUT2D eigenvalue weighted by Gasteiger charge is -2.46. The Morgan fingerprint density at radius 3 is 2.42 bits per heavy atom. The summed E-state index contributed by atoms with van der Waals surface area (Å²) in [4.78, 5) is 5.20. The summed E-state index contributed by atoms with van der Waals surface area (Å²) in [6.45, 7) is 2.05. The van der Waals surface area contributed by atoms with Crippen LogP contribution < -0.4 is 10.5 Å². The molecule has 0 amide bonds. The van der Waals surface area contributed by atoms with Gasteiger partial charge in [-0.1, -0.05) is 72.8 Å². The van der Waals surface area contributed by atoms with Gasteiger partial charge in [-0.2, -0.15) is 0 Å². The first-order chi connectivity index (χ1) is 16.0. The second kappa shape index (κ2) is 8.05. The highest BCUT2D eigenvalue weighted by molar-refractivity contribution is 6.03. The van der Waals surface area contributed by atoms with E-state index in [1.54, 1.807) is 14.2 Å². The Labute approximate surface area is 195 Å². The quantitative estimate of drug-likeness (QED) is 0.583. The number of nitrogens with zero attached hydrogens (tertiary/aromatic N) is 1. The van der Waals surface area contributed by atoms with Crippen molar-refractivity contribution in [1.82, 2.24) is 0 Å². The van der Waals surface area contributed by atoms with Crippen LogP contribution in [-0.2, 0) is 10.3 Å². The zero-order chi connectivity index (χ0) is 23.1. The highest BCUT2D eigenvalue weighted by Crippen LogP contribution is 2.54. The Kier molecular flexibility index (Phi) is 5.18. The van der Waals surface area contributed by atoms with E-state index in [0.717, 1.165) is 28.0 Å². The van der Waals surface area contributed by atoms with Crippen LogP contribution in [0.3, 0.4) is 0 Å². The molecular weight excluding hydrogens is 408 g/mol. The van der Waals surface area contributed by atoms with E-state index < -0.39 is 11.1 Å². The van der Waals surface area contributed by atoms with Gasteiger partial charge in [0.25, 0.3) is 0 Å². The van der Waals surface area contributed by atoms with Crippen molar-refractivity contribution >= 4 is 11.4 Å². The summed E-state index contributed by atoms with van der Waals surface area (Å²) >= 11 is 0. The molecule has 0 radical (unpaired) electrons. The molecule has 0 aromatic heterocycles. The van der Waals surface area contributed by atoms with E-state index in [2.05, 4.69) is 67.6 Å². The van der Waals surface area contributed by atoms with Crippen molar-refractivity contribution in [3.8, 4) is 5.75 Å². The SMILES string of the molecule is COc1ccc(C2([C@]3(OC)C=CC=C(c4ccccc4)C3)N=C(N)c3ccccc32)cc1C. The fourth-order valence-electron chi connectivity index (χ4n) is 5.32. The van der Waals surface area contributed by atoms with Gasteiger partial charge in [-0.3, -0.25) is 0 Å². The second-order valence-corrected chi connectivity index (χ2v) is 8.62. The maximum atomic E-state index is 6.55. The van der Waals surface area contributed by atoms with Crippen molar-refractivity contribution in [2.75, 3.05) is 14.2 Å². The van der Waals surface area contributed by atoms with Gasteiger partial charge in [-0.25, -0.2) is 4.99 Å². The minimum atomic E-state index is -0.843. The zero-order valence-corrected chi connectivity index (χ0v) is 19.2. The van der Waals surface area contributed by atoms with Crippen LogP contribution in [0.25, 0.3) is 5.57 Å². The fraction of sp³-hybridized carbons (Fsp3) is 0.207. The van der Waals surface area contributed by atoms with E-state index in [1.165, 1.54) is 11.1 Å². The van der Waals surface area contributed by atoms with Crippen molar-refractivity contribution in [2.45, 2.75) is 24.5 Å². The molecule has 1 unspecified atom stereocenters. The number of aryl methyl sites for hydroxylation is 1. The summed E-state index contributed by atoms with van der Waals surface area (Å²) in [5.74, 6) is 1.37. The van der Waals surface area contributed by atoms with Gasteiger partial charge in [0, 0.05) is 19.1 Å². The van der Waals surface area contributed by atoms with Crippen LogP contribution >= 0.6 is 0 Å². The van der Waals surface area contributed by atoms with Crippen LogP contribution in [0.15, 0.2) is 96.0 Å². The molecule has 0 fully saturated rings. The molecule has 2 atom stereocenters. The molecule has 3 aromatic rings. The summed E-state index contributed by atoms with van der Waals surface area (Å²) in [5.41, 5.74) is 11.4. The molecule has 2 aliphatic rings. The van der Waals surface area contributed by atoms with E-state index in [4.69, 9.17) is 20.2 Å². The summed E-state index contributed by atoms with van der Waals surface area (Å²) in [6.07, 6.45) is 7.03. The van der Waals surface area contributed by atoms with Crippen LogP contribution in [0.1, 0.15) is 34.2 Å². The van der Waals surface area contributed by atoms with E-state index in [0.29, 0.717) is 12.3 Å². The predicted octanol–water partition coefficient (Wildman–Crippen LogP) is 5.39. The number of fused-ring (bicyclic) bond motifs is 1. The molecule has 0 saturated carbocycles. The van der Waals surface area contributed by atoms with Crippen LogP contribution in [0.2, 0.25) is 0 Å². The van der Waals surface area contributed by atoms with Gasteiger partial charge >= 0.3 is 0 Å². The highest BCUT2D eigenvalue weighted by Gasteiger charge is 2.57. The number of hydrogen-bond acceptors (Lipinski definition) is 4. The van der Waals surface area contributed by atoms with Crippen LogP contribution in [-0.4, -0.2) is 25.7 Å². The number of allylic oxidation sites excluding steroid dienone is 2. The third-order valence-electron chi connectivity index (χ3n) is 6.93. The van der Waals surface area contributed by atoms with Gasteiger partial charge in [0.1, 0.15) is 22.7 Å². The van der Waals surface area contributed by atoms with Crippen molar-refractivity contribution < 1.29 is 9.47 Å². The lowest BCUT2D eigenvalue weighted by atomic mass is 9.65. The summed E-state index contributed by atoms with van der Waals surface area (Å²) in [7, 11) is 3.46. The van der Waals surface area contributed by atoms with Crippen molar-refractivity contribution in [1.29, 1.82) is 0 Å². The van der Waals surface area contributed by atoms with Gasteiger partial charge in [0.15, 0.2) is 0 Å². The Hall–Kier alpha value is -3.63. The van der Waals surface area contributed by atoms with Crippen LogP contribution in [0, 0.1) is 6.92 Å². The van der Waals surface area contributed by atoms with Crippen LogP contribution in [0.4, 0.5) is 0 Å². The van der Waals surface area contributed by atoms with E-state index in [9.17, 15) is 0 Å². The molecule has 0 spiro atoms. The Bertz CT molecular complexity index is 1290. The first-order valence-electron chi connectivity index (χ1n) is 11.1. The molecule has 0 saturated heterocycles. The number of ether oxygens (including phenoxy) is 2. The Morgan fingerprint density at radius 2 is 1.70 bits per heavy atom. The average Bonchev–Trinajstić information content (AvgIpc) is 3.18. The lowest BCUT2D eigenvalue weighted by molar-refractivity contribution is -0.0152. The van der Waals surface area contributed by atoms with E-state index in [-0.39, 0.29) is 0 Å². The first-order valence-corrected chi connectivity index (χ1v) is 11.1. The lowest BCUT2D eigenvalue weighted by Crippen LogP contribution is -2.51. The Balaban J connectivity index is 1.76. The van der Waals surface area contributed by atoms with Gasteiger partial charge in [0.2, 0.25) is 0 Å². The fourth-order valence-corrected chi connectivity index (χ4v) is 5.32. The average molecular weight is 437 g/mol. The molecule has 1 heterocycles. The van der Waals surface area contributed by atoms with Crippen LogP contribution in [0.5, 0.6) is 5.75 Å². The number of rotatable bonds is 5. The molecule has 4 nitrogen and oxygen atoms in total. The summed E-state index contributed by atoms with van der Waals surface area (Å²) in [5, 5.41) is 0. The molecule has 4 heteroatoms. The monoisotopic (exact) mass is 436 g/mol. The topological polar surface area (TPSA) is 56.8 Å². The zero-order valence-electron chi connectivity index (χ0n) is 19.2. The van der Waals surface area contributed by atoms with E-state index in [1.807, 2.05) is 30.3 Å². The van der Waals surface area contributed by atoms with Crippen molar-refractivity contribution in [3.63, 3.8) is 0 Å². The maximum Gasteiger partial charge on any atom is 0.146 e. The number of methoxy groups -OCH3 is 2. The van der Waals surface area contributed by atoms with Crippen molar-refractivity contribution in [2.24, 2.45) is 10.7 Å². The number of aliphatic imine (C=N–C) groups is 1.